The molecule has 204 valence electrons. The van der Waals surface area contributed by atoms with Crippen molar-refractivity contribution in [3.63, 3.8) is 0 Å². The van der Waals surface area contributed by atoms with Gasteiger partial charge in [-0.15, -0.1) is 0 Å². The van der Waals surface area contributed by atoms with Crippen LogP contribution in [0.4, 0.5) is 5.69 Å². The second-order valence-electron chi connectivity index (χ2n) is 9.89. The molecule has 0 aliphatic carbocycles. The number of aromatic amines is 1. The Morgan fingerprint density at radius 1 is 1.05 bits per heavy atom. The highest BCUT2D eigenvalue weighted by molar-refractivity contribution is 7.91. The molecule has 2 aromatic carbocycles. The topological polar surface area (TPSA) is 120 Å². The zero-order chi connectivity index (χ0) is 27.1. The van der Waals surface area contributed by atoms with Gasteiger partial charge in [0.25, 0.3) is 0 Å². The SMILES string of the molecule is CN(CC(=O)N1CCOCC1)S(=O)(=O)c1ccc(N2CCC(S(C)(=O)=O)C2)c(-c2cc3ccccc3[nH]2)c1. The summed E-state index contributed by atoms with van der Waals surface area (Å²) in [6.07, 6.45) is 1.76. The van der Waals surface area contributed by atoms with E-state index >= 15 is 0 Å². The highest BCUT2D eigenvalue weighted by Crippen LogP contribution is 2.37. The summed E-state index contributed by atoms with van der Waals surface area (Å²) in [7, 11) is -5.78. The van der Waals surface area contributed by atoms with Crippen molar-refractivity contribution in [3.05, 3.63) is 48.5 Å². The maximum absolute atomic E-state index is 13.5. The quantitative estimate of drug-likeness (QED) is 0.469. The van der Waals surface area contributed by atoms with Gasteiger partial charge in [-0.05, 0) is 36.8 Å². The molecule has 1 atom stereocenters. The van der Waals surface area contributed by atoms with E-state index in [-0.39, 0.29) is 17.3 Å². The Morgan fingerprint density at radius 2 is 1.79 bits per heavy atom. The minimum Gasteiger partial charge on any atom is -0.378 e. The number of hydrogen-bond donors (Lipinski definition) is 1. The molecular formula is C26H32N4O6S2. The summed E-state index contributed by atoms with van der Waals surface area (Å²) in [6.45, 7) is 2.38. The Kier molecular flexibility index (Phi) is 7.25. The molecule has 5 rings (SSSR count). The monoisotopic (exact) mass is 560 g/mol. The zero-order valence-corrected chi connectivity index (χ0v) is 23.1. The Labute approximate surface area is 223 Å². The van der Waals surface area contributed by atoms with Gasteiger partial charge in [0.1, 0.15) is 0 Å². The number of nitrogens with zero attached hydrogens (tertiary/aromatic N) is 3. The van der Waals surface area contributed by atoms with E-state index in [1.165, 1.54) is 19.4 Å². The largest absolute Gasteiger partial charge is 0.378 e. The number of H-pyrrole nitrogens is 1. The van der Waals surface area contributed by atoms with Gasteiger partial charge in [0, 0.05) is 67.3 Å². The lowest BCUT2D eigenvalue weighted by Gasteiger charge is -2.28. The molecule has 1 amide bonds. The summed E-state index contributed by atoms with van der Waals surface area (Å²) in [5.41, 5.74) is 3.05. The summed E-state index contributed by atoms with van der Waals surface area (Å²) in [4.78, 5) is 19.8. The van der Waals surface area contributed by atoms with E-state index in [1.54, 1.807) is 17.0 Å². The maximum Gasteiger partial charge on any atom is 0.243 e. The number of hydrogen-bond acceptors (Lipinski definition) is 7. The van der Waals surface area contributed by atoms with Gasteiger partial charge in [-0.25, -0.2) is 16.8 Å². The molecule has 10 nitrogen and oxygen atoms in total. The predicted octanol–water partition coefficient (Wildman–Crippen LogP) is 1.94. The summed E-state index contributed by atoms with van der Waals surface area (Å²) in [5.74, 6) is -0.268. The molecule has 38 heavy (non-hydrogen) atoms. The van der Waals surface area contributed by atoms with Gasteiger partial charge in [0.2, 0.25) is 15.9 Å². The number of amides is 1. The van der Waals surface area contributed by atoms with Crippen molar-refractivity contribution in [2.45, 2.75) is 16.6 Å². The fourth-order valence-corrected chi connectivity index (χ4v) is 7.18. The number of morpholine rings is 1. The number of likely N-dealkylation sites (N-methyl/N-ethyl adjacent to an activating group) is 1. The molecular weight excluding hydrogens is 528 g/mol. The lowest BCUT2D eigenvalue weighted by molar-refractivity contribution is -0.135. The Hall–Kier alpha value is -2.93. The third-order valence-corrected chi connectivity index (χ3v) is 10.7. The number of aromatic nitrogens is 1. The van der Waals surface area contributed by atoms with Crippen LogP contribution in [-0.2, 0) is 29.4 Å². The number of anilines is 1. The predicted molar refractivity (Wildman–Crippen MR) is 146 cm³/mol. The van der Waals surface area contributed by atoms with Crippen LogP contribution in [-0.4, -0.2) is 101 Å². The Balaban J connectivity index is 1.50. The van der Waals surface area contributed by atoms with Crippen molar-refractivity contribution >= 4 is 42.4 Å². The molecule has 12 heteroatoms. The Morgan fingerprint density at radius 3 is 2.47 bits per heavy atom. The summed E-state index contributed by atoms with van der Waals surface area (Å²) >= 11 is 0. The fourth-order valence-electron chi connectivity index (χ4n) is 5.05. The molecule has 2 fully saturated rings. The summed E-state index contributed by atoms with van der Waals surface area (Å²) in [5, 5.41) is 0.504. The van der Waals surface area contributed by atoms with Crippen LogP contribution >= 0.6 is 0 Å². The first-order valence-electron chi connectivity index (χ1n) is 12.5. The van der Waals surface area contributed by atoms with Gasteiger partial charge in [-0.1, -0.05) is 18.2 Å². The lowest BCUT2D eigenvalue weighted by atomic mass is 10.1. The van der Waals surface area contributed by atoms with Gasteiger partial charge in [0.15, 0.2) is 9.84 Å². The second kappa shape index (κ2) is 10.3. The molecule has 0 bridgehead atoms. The number of sulfone groups is 1. The highest BCUT2D eigenvalue weighted by atomic mass is 32.2. The molecule has 2 aliphatic rings. The van der Waals surface area contributed by atoms with E-state index in [0.29, 0.717) is 51.4 Å². The summed E-state index contributed by atoms with van der Waals surface area (Å²) < 4.78 is 57.8. The zero-order valence-electron chi connectivity index (χ0n) is 21.5. The van der Waals surface area contributed by atoms with E-state index in [1.807, 2.05) is 35.2 Å². The van der Waals surface area contributed by atoms with Gasteiger partial charge in [-0.2, -0.15) is 4.31 Å². The molecule has 0 radical (unpaired) electrons. The molecule has 2 aliphatic heterocycles. The average Bonchev–Trinajstić information content (AvgIpc) is 3.56. The molecule has 3 heterocycles. The van der Waals surface area contributed by atoms with Crippen LogP contribution in [0.25, 0.3) is 22.2 Å². The minimum absolute atomic E-state index is 0.0612. The minimum atomic E-state index is -3.98. The van der Waals surface area contributed by atoms with Crippen LogP contribution in [0.15, 0.2) is 53.4 Å². The molecule has 3 aromatic rings. The van der Waals surface area contributed by atoms with Crippen LogP contribution in [0, 0.1) is 0 Å². The lowest BCUT2D eigenvalue weighted by Crippen LogP contribution is -2.46. The maximum atomic E-state index is 13.5. The number of nitrogens with one attached hydrogen (secondary N) is 1. The number of carbonyl (C=O) groups is 1. The van der Waals surface area contributed by atoms with Gasteiger partial charge < -0.3 is 19.5 Å². The van der Waals surface area contributed by atoms with E-state index in [0.717, 1.165) is 26.6 Å². The first-order valence-corrected chi connectivity index (χ1v) is 15.9. The molecule has 2 saturated heterocycles. The fraction of sp³-hybridized carbons (Fsp3) is 0.423. The van der Waals surface area contributed by atoms with Crippen molar-refractivity contribution in [3.8, 4) is 11.3 Å². The van der Waals surface area contributed by atoms with E-state index < -0.39 is 25.1 Å². The number of fused-ring (bicyclic) bond motifs is 1. The smallest absolute Gasteiger partial charge is 0.243 e. The molecule has 0 spiro atoms. The van der Waals surface area contributed by atoms with Crippen LogP contribution in [0.3, 0.4) is 0 Å². The number of ether oxygens (including phenoxy) is 1. The number of carbonyl (C=O) groups excluding carboxylic acids is 1. The second-order valence-corrected chi connectivity index (χ2v) is 14.3. The standard InChI is InChI=1S/C26H32N4O6S2/c1-28(18-26(31)29-11-13-36-14-12-29)38(34,35)20-7-8-25(30-10-9-21(17-30)37(2,32)33)22(16-20)24-15-19-5-3-4-6-23(19)27-24/h3-8,15-16,21,27H,9-14,17-18H2,1-2H3. The van der Waals surface area contributed by atoms with Crippen LogP contribution in [0.2, 0.25) is 0 Å². The average molecular weight is 561 g/mol. The van der Waals surface area contributed by atoms with Crippen LogP contribution in [0.1, 0.15) is 6.42 Å². The van der Waals surface area contributed by atoms with Crippen molar-refractivity contribution < 1.29 is 26.4 Å². The third kappa shape index (κ3) is 5.31. The van der Waals surface area contributed by atoms with Crippen LogP contribution < -0.4 is 4.90 Å². The summed E-state index contributed by atoms with van der Waals surface area (Å²) in [6, 6.07) is 14.6. The van der Waals surface area contributed by atoms with E-state index in [9.17, 15) is 21.6 Å². The van der Waals surface area contributed by atoms with Gasteiger partial charge >= 0.3 is 0 Å². The molecule has 1 N–H and O–H groups in total. The van der Waals surface area contributed by atoms with Crippen molar-refractivity contribution in [1.29, 1.82) is 0 Å². The van der Waals surface area contributed by atoms with Gasteiger partial charge in [-0.3, -0.25) is 4.79 Å². The van der Waals surface area contributed by atoms with Crippen LogP contribution in [0.5, 0.6) is 0 Å². The third-order valence-electron chi connectivity index (χ3n) is 7.31. The Bertz CT molecular complexity index is 1530. The molecule has 1 unspecified atom stereocenters. The van der Waals surface area contributed by atoms with Crippen molar-refractivity contribution in [1.82, 2.24) is 14.2 Å². The number of sulfonamides is 1. The normalized spacial score (nSPS) is 19.0. The number of rotatable bonds is 7. The first-order chi connectivity index (χ1) is 18.0. The van der Waals surface area contributed by atoms with Crippen molar-refractivity contribution in [2.24, 2.45) is 0 Å². The molecule has 0 saturated carbocycles. The van der Waals surface area contributed by atoms with Crippen molar-refractivity contribution in [2.75, 3.05) is 64.1 Å². The highest BCUT2D eigenvalue weighted by Gasteiger charge is 2.33. The van der Waals surface area contributed by atoms with E-state index in [4.69, 9.17) is 4.74 Å². The first kappa shape index (κ1) is 26.7. The van der Waals surface area contributed by atoms with E-state index in [2.05, 4.69) is 4.98 Å². The number of para-hydroxylation sites is 1. The molecule has 1 aromatic heterocycles. The number of benzene rings is 2. The van der Waals surface area contributed by atoms with Gasteiger partial charge in [0.05, 0.1) is 29.9 Å².